The molecule has 0 aliphatic heterocycles. The summed E-state index contributed by atoms with van der Waals surface area (Å²) < 4.78 is 38.2. The molecule has 1 heterocycles. The topological polar surface area (TPSA) is 30.7 Å². The number of halogens is 4. The smallest absolute Gasteiger partial charge is 0.272 e. The summed E-state index contributed by atoms with van der Waals surface area (Å²) in [6.07, 6.45) is -3.01. The predicted molar refractivity (Wildman–Crippen MR) is 51.4 cm³/mol. The maximum atomic E-state index is 12.3. The van der Waals surface area contributed by atoms with Gasteiger partial charge in [-0.3, -0.25) is 4.57 Å². The Balaban J connectivity index is 2.37. The molecule has 0 N–H and O–H groups in total. The summed E-state index contributed by atoms with van der Waals surface area (Å²) in [5.41, 5.74) is -0.233. The summed E-state index contributed by atoms with van der Waals surface area (Å²) in [7, 11) is 0. The van der Waals surface area contributed by atoms with Gasteiger partial charge in [0, 0.05) is 5.69 Å². The van der Waals surface area contributed by atoms with E-state index in [1.807, 2.05) is 0 Å². The minimum absolute atomic E-state index is 0.0970. The lowest BCUT2D eigenvalue weighted by Crippen LogP contribution is -2.04. The van der Waals surface area contributed by atoms with Crippen molar-refractivity contribution in [1.82, 2.24) is 14.8 Å². The summed E-state index contributed by atoms with van der Waals surface area (Å²) in [6.45, 7) is 0. The first-order valence-corrected chi connectivity index (χ1v) is 4.59. The van der Waals surface area contributed by atoms with Crippen LogP contribution in [0.4, 0.5) is 13.2 Å². The Hall–Kier alpha value is -1.56. The van der Waals surface area contributed by atoms with Crippen LogP contribution in [0, 0.1) is 0 Å². The van der Waals surface area contributed by atoms with E-state index in [0.29, 0.717) is 5.69 Å². The van der Waals surface area contributed by atoms with Crippen LogP contribution in [0.3, 0.4) is 0 Å². The first kappa shape index (κ1) is 10.9. The summed E-state index contributed by atoms with van der Waals surface area (Å²) in [6, 6.07) is 4.56. The molecular formula is C9H5ClF3N3. The van der Waals surface area contributed by atoms with E-state index in [4.69, 9.17) is 11.6 Å². The van der Waals surface area contributed by atoms with E-state index >= 15 is 0 Å². The highest BCUT2D eigenvalue weighted by Gasteiger charge is 2.30. The lowest BCUT2D eigenvalue weighted by Gasteiger charge is -2.07. The van der Waals surface area contributed by atoms with Crippen LogP contribution >= 0.6 is 11.6 Å². The average molecular weight is 248 g/mol. The molecule has 0 fully saturated rings. The monoisotopic (exact) mass is 247 g/mol. The van der Waals surface area contributed by atoms with Gasteiger partial charge < -0.3 is 0 Å². The Kier molecular flexibility index (Phi) is 2.59. The highest BCUT2D eigenvalue weighted by atomic mass is 35.5. The Morgan fingerprint density at radius 2 is 1.75 bits per heavy atom. The molecule has 0 saturated heterocycles. The number of nitrogens with zero attached hydrogens (tertiary/aromatic N) is 3. The maximum absolute atomic E-state index is 12.3. The normalized spacial score (nSPS) is 11.8. The third kappa shape index (κ3) is 2.01. The zero-order chi connectivity index (χ0) is 11.8. The van der Waals surface area contributed by atoms with Gasteiger partial charge in [0.2, 0.25) is 5.28 Å². The summed E-state index contributed by atoms with van der Waals surface area (Å²) in [4.78, 5) is 0. The maximum Gasteiger partial charge on any atom is 0.416 e. The quantitative estimate of drug-likeness (QED) is 0.776. The largest absolute Gasteiger partial charge is 0.416 e. The first-order chi connectivity index (χ1) is 7.48. The Morgan fingerprint density at radius 1 is 1.12 bits per heavy atom. The fourth-order valence-corrected chi connectivity index (χ4v) is 1.39. The minimum atomic E-state index is -4.34. The molecule has 2 rings (SSSR count). The number of hydrogen-bond acceptors (Lipinski definition) is 2. The van der Waals surface area contributed by atoms with Crippen LogP contribution in [-0.2, 0) is 6.18 Å². The molecule has 3 nitrogen and oxygen atoms in total. The average Bonchev–Trinajstić information content (AvgIpc) is 2.63. The van der Waals surface area contributed by atoms with Crippen molar-refractivity contribution in [3.05, 3.63) is 41.4 Å². The summed E-state index contributed by atoms with van der Waals surface area (Å²) in [5, 5.41) is 7.15. The highest BCUT2D eigenvalue weighted by Crippen LogP contribution is 2.29. The van der Waals surface area contributed by atoms with E-state index < -0.39 is 11.7 Å². The van der Waals surface area contributed by atoms with E-state index in [1.54, 1.807) is 0 Å². The van der Waals surface area contributed by atoms with E-state index in [1.165, 1.54) is 23.0 Å². The molecule has 0 bridgehead atoms. The van der Waals surface area contributed by atoms with Gasteiger partial charge in [-0.25, -0.2) is 0 Å². The van der Waals surface area contributed by atoms with Crippen LogP contribution in [0.25, 0.3) is 5.69 Å². The van der Waals surface area contributed by atoms with Gasteiger partial charge in [0.15, 0.2) is 0 Å². The van der Waals surface area contributed by atoms with Gasteiger partial charge in [0.05, 0.1) is 5.56 Å². The van der Waals surface area contributed by atoms with Crippen molar-refractivity contribution in [1.29, 1.82) is 0 Å². The van der Waals surface area contributed by atoms with Gasteiger partial charge in [0.25, 0.3) is 0 Å². The SMILES string of the molecule is FC(F)(F)c1ccc(-n2cnnc2Cl)cc1. The van der Waals surface area contributed by atoms with Crippen LogP contribution in [0.2, 0.25) is 5.28 Å². The van der Waals surface area contributed by atoms with Crippen molar-refractivity contribution in [2.45, 2.75) is 6.18 Å². The molecule has 0 saturated carbocycles. The molecular weight excluding hydrogens is 243 g/mol. The van der Waals surface area contributed by atoms with Crippen molar-refractivity contribution in [3.8, 4) is 5.69 Å². The number of rotatable bonds is 1. The number of alkyl halides is 3. The second kappa shape index (κ2) is 3.79. The van der Waals surface area contributed by atoms with Crippen molar-refractivity contribution < 1.29 is 13.2 Å². The van der Waals surface area contributed by atoms with Gasteiger partial charge in [-0.2, -0.15) is 13.2 Å². The van der Waals surface area contributed by atoms with Crippen molar-refractivity contribution in [2.24, 2.45) is 0 Å². The molecule has 2 aromatic rings. The van der Waals surface area contributed by atoms with Gasteiger partial charge in [-0.15, -0.1) is 10.2 Å². The molecule has 0 aliphatic carbocycles. The van der Waals surface area contributed by atoms with E-state index in [0.717, 1.165) is 12.1 Å². The number of hydrogen-bond donors (Lipinski definition) is 0. The molecule has 16 heavy (non-hydrogen) atoms. The van der Waals surface area contributed by atoms with E-state index in [-0.39, 0.29) is 5.28 Å². The molecule has 84 valence electrons. The lowest BCUT2D eigenvalue weighted by molar-refractivity contribution is -0.137. The second-order valence-corrected chi connectivity index (χ2v) is 3.35. The van der Waals surface area contributed by atoms with Crippen molar-refractivity contribution >= 4 is 11.6 Å². The molecule has 0 spiro atoms. The lowest BCUT2D eigenvalue weighted by atomic mass is 10.2. The van der Waals surface area contributed by atoms with Crippen LogP contribution in [0.15, 0.2) is 30.6 Å². The van der Waals surface area contributed by atoms with Crippen LogP contribution in [0.1, 0.15) is 5.56 Å². The zero-order valence-electron chi connectivity index (χ0n) is 7.74. The molecule has 0 amide bonds. The number of aromatic nitrogens is 3. The molecule has 1 aromatic carbocycles. The molecule has 0 aliphatic rings. The highest BCUT2D eigenvalue weighted by molar-refractivity contribution is 6.28. The Labute approximate surface area is 93.5 Å². The molecule has 7 heteroatoms. The molecule has 0 unspecified atom stereocenters. The third-order valence-corrected chi connectivity index (χ3v) is 2.24. The molecule has 0 radical (unpaired) electrons. The zero-order valence-corrected chi connectivity index (χ0v) is 8.50. The van der Waals surface area contributed by atoms with Gasteiger partial charge in [-0.1, -0.05) is 0 Å². The van der Waals surface area contributed by atoms with Gasteiger partial charge in [0.1, 0.15) is 6.33 Å². The summed E-state index contributed by atoms with van der Waals surface area (Å²) in [5.74, 6) is 0. The standard InChI is InChI=1S/C9H5ClF3N3/c10-8-15-14-5-16(8)7-3-1-6(2-4-7)9(11,12)13/h1-5H. The predicted octanol–water partition coefficient (Wildman–Crippen LogP) is 2.94. The Bertz CT molecular complexity index is 489. The van der Waals surface area contributed by atoms with E-state index in [2.05, 4.69) is 10.2 Å². The fourth-order valence-electron chi connectivity index (χ4n) is 1.21. The van der Waals surface area contributed by atoms with Crippen LogP contribution in [0.5, 0.6) is 0 Å². The van der Waals surface area contributed by atoms with E-state index in [9.17, 15) is 13.2 Å². The fraction of sp³-hybridized carbons (Fsp3) is 0.111. The third-order valence-electron chi connectivity index (χ3n) is 1.98. The van der Waals surface area contributed by atoms with Crippen molar-refractivity contribution in [3.63, 3.8) is 0 Å². The van der Waals surface area contributed by atoms with Gasteiger partial charge in [-0.05, 0) is 35.9 Å². The van der Waals surface area contributed by atoms with Crippen LogP contribution < -0.4 is 0 Å². The van der Waals surface area contributed by atoms with Gasteiger partial charge >= 0.3 is 6.18 Å². The van der Waals surface area contributed by atoms with Crippen molar-refractivity contribution in [2.75, 3.05) is 0 Å². The van der Waals surface area contributed by atoms with Crippen LogP contribution in [-0.4, -0.2) is 14.8 Å². The first-order valence-electron chi connectivity index (χ1n) is 4.21. The Morgan fingerprint density at radius 3 is 2.19 bits per heavy atom. The number of benzene rings is 1. The summed E-state index contributed by atoms with van der Waals surface area (Å²) >= 11 is 5.67. The molecule has 0 atom stereocenters. The minimum Gasteiger partial charge on any atom is -0.272 e. The second-order valence-electron chi connectivity index (χ2n) is 3.01. The molecule has 1 aromatic heterocycles.